The molecule has 0 unspecified atom stereocenters. The molecule has 0 fully saturated rings. The smallest absolute Gasteiger partial charge is 0.272 e. The summed E-state index contributed by atoms with van der Waals surface area (Å²) in [4.78, 5) is 24.8. The molecule has 0 saturated heterocycles. The first kappa shape index (κ1) is 17.7. The van der Waals surface area contributed by atoms with Gasteiger partial charge in [-0.1, -0.05) is 38.1 Å². The van der Waals surface area contributed by atoms with Crippen LogP contribution in [-0.4, -0.2) is 19.0 Å². The van der Waals surface area contributed by atoms with Crippen LogP contribution in [-0.2, 0) is 12.8 Å². The molecule has 2 rings (SSSR count). The molecule has 24 heavy (non-hydrogen) atoms. The molecule has 126 valence electrons. The molecule has 2 N–H and O–H groups in total. The minimum absolute atomic E-state index is 0.415. The van der Waals surface area contributed by atoms with Crippen LogP contribution < -0.4 is 15.8 Å². The Kier molecular flexibility index (Phi) is 6.09. The molecular formula is C19H23N3O2. The monoisotopic (exact) mass is 325 g/mol. The van der Waals surface area contributed by atoms with Crippen molar-refractivity contribution < 1.29 is 9.59 Å². The van der Waals surface area contributed by atoms with Gasteiger partial charge in [-0.25, -0.2) is 15.2 Å². The summed E-state index contributed by atoms with van der Waals surface area (Å²) in [5, 5.41) is 3.74. The van der Waals surface area contributed by atoms with Gasteiger partial charge in [-0.05, 0) is 48.2 Å². The number of hydrogen-bond acceptors (Lipinski definition) is 3. The Morgan fingerprint density at radius 1 is 0.958 bits per heavy atom. The topological polar surface area (TPSA) is 61.4 Å². The van der Waals surface area contributed by atoms with Crippen molar-refractivity contribution in [3.05, 3.63) is 65.2 Å². The number of imide groups is 1. The number of carbonyl (C=O) groups excluding carboxylic acids is 2. The average Bonchev–Trinajstić information content (AvgIpc) is 2.62. The molecule has 2 aromatic carbocycles. The minimum Gasteiger partial charge on any atom is -0.272 e. The van der Waals surface area contributed by atoms with E-state index in [9.17, 15) is 9.59 Å². The van der Waals surface area contributed by atoms with Gasteiger partial charge in [0.25, 0.3) is 5.91 Å². The molecule has 0 heterocycles. The maximum atomic E-state index is 12.4. The summed E-state index contributed by atoms with van der Waals surface area (Å²) in [6.45, 7) is 4.07. The second-order valence-corrected chi connectivity index (χ2v) is 5.40. The molecular weight excluding hydrogens is 302 g/mol. The number of hydrogen-bond donors (Lipinski definition) is 2. The zero-order valence-electron chi connectivity index (χ0n) is 14.3. The summed E-state index contributed by atoms with van der Waals surface area (Å²) in [5.74, 6) is -0.415. The maximum absolute atomic E-state index is 12.4. The second-order valence-electron chi connectivity index (χ2n) is 5.40. The fourth-order valence-electron chi connectivity index (χ4n) is 2.42. The first-order valence-electron chi connectivity index (χ1n) is 8.09. The first-order chi connectivity index (χ1) is 11.6. The lowest BCUT2D eigenvalue weighted by Crippen LogP contribution is -2.49. The highest BCUT2D eigenvalue weighted by Crippen LogP contribution is 2.15. The summed E-state index contributed by atoms with van der Waals surface area (Å²) in [7, 11) is 1.64. The van der Waals surface area contributed by atoms with E-state index >= 15 is 0 Å². The molecule has 3 amide bonds. The van der Waals surface area contributed by atoms with Crippen LogP contribution in [0, 0.1) is 0 Å². The average molecular weight is 325 g/mol. The van der Waals surface area contributed by atoms with E-state index < -0.39 is 11.9 Å². The van der Waals surface area contributed by atoms with E-state index in [2.05, 4.69) is 10.7 Å². The Bertz CT molecular complexity index is 728. The predicted octanol–water partition coefficient (Wildman–Crippen LogP) is 3.30. The third-order valence-electron chi connectivity index (χ3n) is 3.82. The quantitative estimate of drug-likeness (QED) is 0.829. The van der Waals surface area contributed by atoms with Crippen LogP contribution in [0.15, 0.2) is 48.5 Å². The van der Waals surface area contributed by atoms with Gasteiger partial charge in [0, 0.05) is 12.6 Å². The van der Waals surface area contributed by atoms with Gasteiger partial charge in [0.15, 0.2) is 0 Å². The van der Waals surface area contributed by atoms with Crippen LogP contribution in [0.4, 0.5) is 10.5 Å². The summed E-state index contributed by atoms with van der Waals surface area (Å²) < 4.78 is 0. The van der Waals surface area contributed by atoms with Crippen molar-refractivity contribution in [2.75, 3.05) is 12.1 Å². The molecule has 0 aliphatic rings. The van der Waals surface area contributed by atoms with Gasteiger partial charge in [-0.3, -0.25) is 10.1 Å². The van der Waals surface area contributed by atoms with E-state index in [0.717, 1.165) is 24.0 Å². The number of urea groups is 1. The second kappa shape index (κ2) is 8.26. The molecule has 0 bridgehead atoms. The molecule has 0 radical (unpaired) electrons. The minimum atomic E-state index is -0.516. The lowest BCUT2D eigenvalue weighted by molar-refractivity contribution is 0.0965. The van der Waals surface area contributed by atoms with Crippen molar-refractivity contribution in [3.8, 4) is 0 Å². The molecule has 5 nitrogen and oxygen atoms in total. The van der Waals surface area contributed by atoms with E-state index in [1.165, 1.54) is 5.01 Å². The number of carbonyl (C=O) groups is 2. The number of benzene rings is 2. The summed E-state index contributed by atoms with van der Waals surface area (Å²) >= 11 is 0. The van der Waals surface area contributed by atoms with Gasteiger partial charge in [0.2, 0.25) is 0 Å². The highest BCUT2D eigenvalue weighted by atomic mass is 16.2. The van der Waals surface area contributed by atoms with E-state index in [4.69, 9.17) is 0 Å². The number of nitrogens with one attached hydrogen (secondary N) is 2. The van der Waals surface area contributed by atoms with Crippen molar-refractivity contribution >= 4 is 17.6 Å². The van der Waals surface area contributed by atoms with Crippen molar-refractivity contribution in [1.82, 2.24) is 10.7 Å². The fraction of sp³-hybridized carbons (Fsp3) is 0.263. The molecule has 0 aliphatic heterocycles. The van der Waals surface area contributed by atoms with E-state index in [1.807, 2.05) is 50.2 Å². The Labute approximate surface area is 142 Å². The lowest BCUT2D eigenvalue weighted by atomic mass is 10.1. The van der Waals surface area contributed by atoms with E-state index in [-0.39, 0.29) is 0 Å². The van der Waals surface area contributed by atoms with Crippen molar-refractivity contribution in [3.63, 3.8) is 0 Å². The number of nitrogens with zero attached hydrogens (tertiary/aromatic N) is 1. The number of anilines is 1. The highest BCUT2D eigenvalue weighted by Gasteiger charge is 2.18. The maximum Gasteiger partial charge on any atom is 0.343 e. The normalized spacial score (nSPS) is 10.3. The van der Waals surface area contributed by atoms with Gasteiger partial charge in [-0.15, -0.1) is 0 Å². The summed E-state index contributed by atoms with van der Waals surface area (Å²) in [6, 6.07) is 14.4. The zero-order valence-corrected chi connectivity index (χ0v) is 14.3. The standard InChI is InChI=1S/C19H23N3O2/c1-4-14-8-6-10-16(12-14)18(23)21-19(24)22(20-3)17-11-7-9-15(5-2)13-17/h6-13,20H,4-5H2,1-3H3,(H,21,23,24). The Morgan fingerprint density at radius 3 is 2.21 bits per heavy atom. The fourth-order valence-corrected chi connectivity index (χ4v) is 2.42. The SMILES string of the molecule is CCc1cccc(C(=O)NC(=O)N(NC)c2cccc(CC)c2)c1. The number of aryl methyl sites for hydroxylation is 2. The number of amides is 3. The summed E-state index contributed by atoms with van der Waals surface area (Å²) in [5.41, 5.74) is 6.14. The third kappa shape index (κ3) is 4.20. The van der Waals surface area contributed by atoms with Crippen molar-refractivity contribution in [1.29, 1.82) is 0 Å². The molecule has 0 aliphatic carbocycles. The van der Waals surface area contributed by atoms with Gasteiger partial charge < -0.3 is 0 Å². The Balaban J connectivity index is 2.14. The van der Waals surface area contributed by atoms with Crippen molar-refractivity contribution in [2.24, 2.45) is 0 Å². The van der Waals surface area contributed by atoms with Crippen LogP contribution in [0.2, 0.25) is 0 Å². The van der Waals surface area contributed by atoms with Gasteiger partial charge >= 0.3 is 6.03 Å². The Morgan fingerprint density at radius 2 is 1.58 bits per heavy atom. The molecule has 0 atom stereocenters. The molecule has 2 aromatic rings. The Hall–Kier alpha value is -2.66. The highest BCUT2D eigenvalue weighted by molar-refractivity contribution is 6.08. The third-order valence-corrected chi connectivity index (χ3v) is 3.82. The molecule has 0 spiro atoms. The van der Waals surface area contributed by atoms with Crippen LogP contribution in [0.1, 0.15) is 35.3 Å². The van der Waals surface area contributed by atoms with Crippen molar-refractivity contribution in [2.45, 2.75) is 26.7 Å². The van der Waals surface area contributed by atoms with Crippen LogP contribution in [0.3, 0.4) is 0 Å². The molecule has 5 heteroatoms. The number of rotatable bonds is 5. The zero-order chi connectivity index (χ0) is 17.5. The first-order valence-corrected chi connectivity index (χ1v) is 8.09. The van der Waals surface area contributed by atoms with E-state index in [0.29, 0.717) is 11.3 Å². The van der Waals surface area contributed by atoms with Gasteiger partial charge in [-0.2, -0.15) is 0 Å². The number of hydrazine groups is 1. The van der Waals surface area contributed by atoms with Crippen LogP contribution >= 0.6 is 0 Å². The van der Waals surface area contributed by atoms with E-state index in [1.54, 1.807) is 19.2 Å². The van der Waals surface area contributed by atoms with Gasteiger partial charge in [0.05, 0.1) is 5.69 Å². The van der Waals surface area contributed by atoms with Crippen LogP contribution in [0.25, 0.3) is 0 Å². The lowest BCUT2D eigenvalue weighted by Gasteiger charge is -2.22. The van der Waals surface area contributed by atoms with Crippen LogP contribution in [0.5, 0.6) is 0 Å². The predicted molar refractivity (Wildman–Crippen MR) is 96.0 cm³/mol. The summed E-state index contributed by atoms with van der Waals surface area (Å²) in [6.07, 6.45) is 1.71. The largest absolute Gasteiger partial charge is 0.343 e. The molecule has 0 saturated carbocycles. The molecule has 0 aromatic heterocycles. The van der Waals surface area contributed by atoms with Gasteiger partial charge in [0.1, 0.15) is 0 Å².